The number of aliphatic carboxylic acids is 1. The lowest BCUT2D eigenvalue weighted by molar-refractivity contribution is -0.148. The van der Waals surface area contributed by atoms with Gasteiger partial charge in [-0.1, -0.05) is 0 Å². The zero-order chi connectivity index (χ0) is 8.72. The van der Waals surface area contributed by atoms with Crippen LogP contribution in [0, 0.1) is 5.92 Å². The molecule has 3 aliphatic rings. The van der Waals surface area contributed by atoms with Crippen LogP contribution in [-0.4, -0.2) is 41.1 Å². The summed E-state index contributed by atoms with van der Waals surface area (Å²) in [6.07, 6.45) is 2.15. The van der Waals surface area contributed by atoms with Crippen molar-refractivity contribution in [1.82, 2.24) is 4.90 Å². The molecule has 0 spiro atoms. The van der Waals surface area contributed by atoms with E-state index >= 15 is 0 Å². The first-order valence-electron chi connectivity index (χ1n) is 4.42. The lowest BCUT2D eigenvalue weighted by Crippen LogP contribution is -2.64. The second-order valence-electron chi connectivity index (χ2n) is 3.73. The number of piperidine rings is 3. The summed E-state index contributed by atoms with van der Waals surface area (Å²) in [4.78, 5) is 12.8. The van der Waals surface area contributed by atoms with Crippen LogP contribution in [0.1, 0.15) is 12.8 Å². The van der Waals surface area contributed by atoms with E-state index in [4.69, 9.17) is 10.8 Å². The van der Waals surface area contributed by atoms with E-state index in [-0.39, 0.29) is 6.04 Å². The number of nitrogens with zero attached hydrogens (tertiary/aromatic N) is 1. The summed E-state index contributed by atoms with van der Waals surface area (Å²) in [5.74, 6) is -0.317. The van der Waals surface area contributed by atoms with E-state index in [2.05, 4.69) is 0 Å². The molecule has 0 amide bonds. The molecule has 0 aliphatic carbocycles. The fourth-order valence-corrected chi connectivity index (χ4v) is 2.40. The summed E-state index contributed by atoms with van der Waals surface area (Å²) < 4.78 is 0. The van der Waals surface area contributed by atoms with Gasteiger partial charge >= 0.3 is 5.97 Å². The van der Waals surface area contributed by atoms with Gasteiger partial charge in [0, 0.05) is 6.04 Å². The van der Waals surface area contributed by atoms with Crippen molar-refractivity contribution in [2.45, 2.75) is 24.9 Å². The minimum absolute atomic E-state index is 0.148. The average molecular weight is 170 g/mol. The molecular weight excluding hydrogens is 156 g/mol. The lowest BCUT2D eigenvalue weighted by Gasteiger charge is -2.47. The number of carboxylic acids is 1. The number of nitrogens with two attached hydrogens (primary N) is 1. The number of hydrogen-bond donors (Lipinski definition) is 2. The molecule has 12 heavy (non-hydrogen) atoms. The molecule has 3 heterocycles. The molecule has 0 saturated carbocycles. The molecule has 4 heteroatoms. The van der Waals surface area contributed by atoms with Crippen molar-refractivity contribution in [3.8, 4) is 0 Å². The van der Waals surface area contributed by atoms with Gasteiger partial charge in [0.25, 0.3) is 0 Å². The summed E-state index contributed by atoms with van der Waals surface area (Å²) in [6, 6.07) is -0.567. The molecule has 4 nitrogen and oxygen atoms in total. The number of rotatable bonds is 1. The third kappa shape index (κ3) is 1.03. The number of fused-ring (bicyclic) bond motifs is 3. The van der Waals surface area contributed by atoms with Gasteiger partial charge in [0.05, 0.1) is 0 Å². The maximum Gasteiger partial charge on any atom is 0.322 e. The molecule has 3 N–H and O–H groups in total. The molecule has 3 saturated heterocycles. The normalized spacial score (nSPS) is 46.1. The first kappa shape index (κ1) is 8.01. The van der Waals surface area contributed by atoms with E-state index in [0.29, 0.717) is 5.92 Å². The molecule has 0 radical (unpaired) electrons. The van der Waals surface area contributed by atoms with Gasteiger partial charge in [0.2, 0.25) is 0 Å². The first-order chi connectivity index (χ1) is 5.70. The SMILES string of the molecule is NC1C2CCN(CC2)[C@H]1C(=O)O. The Morgan fingerprint density at radius 3 is 2.33 bits per heavy atom. The summed E-state index contributed by atoms with van der Waals surface area (Å²) in [6.45, 7) is 1.82. The number of hydrogen-bond acceptors (Lipinski definition) is 3. The predicted octanol–water partition coefficient (Wildman–Crippen LogP) is -0.507. The first-order valence-corrected chi connectivity index (χ1v) is 4.42. The Bertz CT molecular complexity index is 197. The summed E-state index contributed by atoms with van der Waals surface area (Å²) in [7, 11) is 0. The predicted molar refractivity (Wildman–Crippen MR) is 43.7 cm³/mol. The highest BCUT2D eigenvalue weighted by molar-refractivity contribution is 5.75. The Morgan fingerprint density at radius 1 is 1.42 bits per heavy atom. The van der Waals surface area contributed by atoms with E-state index < -0.39 is 12.0 Å². The van der Waals surface area contributed by atoms with Gasteiger partial charge in [-0.2, -0.15) is 0 Å². The second-order valence-corrected chi connectivity index (χ2v) is 3.73. The Labute approximate surface area is 71.3 Å². The highest BCUT2D eigenvalue weighted by Crippen LogP contribution is 2.30. The van der Waals surface area contributed by atoms with Crippen molar-refractivity contribution in [2.75, 3.05) is 13.1 Å². The van der Waals surface area contributed by atoms with Crippen LogP contribution in [0.25, 0.3) is 0 Å². The topological polar surface area (TPSA) is 66.6 Å². The molecule has 0 aromatic heterocycles. The zero-order valence-electron chi connectivity index (χ0n) is 6.94. The zero-order valence-corrected chi connectivity index (χ0v) is 6.94. The maximum atomic E-state index is 10.8. The molecule has 68 valence electrons. The van der Waals surface area contributed by atoms with Crippen LogP contribution in [-0.2, 0) is 4.79 Å². The van der Waals surface area contributed by atoms with E-state index in [1.54, 1.807) is 0 Å². The summed E-state index contributed by atoms with van der Waals surface area (Å²) in [5, 5.41) is 8.91. The maximum absolute atomic E-state index is 10.8. The fraction of sp³-hybridized carbons (Fsp3) is 0.875. The van der Waals surface area contributed by atoms with Crippen LogP contribution in [0.15, 0.2) is 0 Å². The number of carboxylic acid groups (broad SMARTS) is 1. The lowest BCUT2D eigenvalue weighted by atomic mass is 9.79. The van der Waals surface area contributed by atoms with E-state index in [1.165, 1.54) is 0 Å². The minimum Gasteiger partial charge on any atom is -0.480 e. The average Bonchev–Trinajstić information content (AvgIpc) is 2.05. The highest BCUT2D eigenvalue weighted by atomic mass is 16.4. The van der Waals surface area contributed by atoms with Gasteiger partial charge in [-0.3, -0.25) is 9.69 Å². The fourth-order valence-electron chi connectivity index (χ4n) is 2.40. The van der Waals surface area contributed by atoms with Crippen LogP contribution in [0.3, 0.4) is 0 Å². The molecule has 3 aliphatic heterocycles. The third-order valence-corrected chi connectivity index (χ3v) is 3.13. The van der Waals surface area contributed by atoms with Crippen LogP contribution in [0.4, 0.5) is 0 Å². The Morgan fingerprint density at radius 2 is 2.00 bits per heavy atom. The van der Waals surface area contributed by atoms with Crippen LogP contribution >= 0.6 is 0 Å². The quantitative estimate of drug-likeness (QED) is 0.556. The van der Waals surface area contributed by atoms with Crippen molar-refractivity contribution in [3.05, 3.63) is 0 Å². The van der Waals surface area contributed by atoms with Gasteiger partial charge < -0.3 is 10.8 Å². The Hall–Kier alpha value is -0.610. The molecule has 2 atom stereocenters. The largest absolute Gasteiger partial charge is 0.480 e. The molecule has 2 bridgehead atoms. The molecular formula is C8H14N2O2. The van der Waals surface area contributed by atoms with Gasteiger partial charge in [0.1, 0.15) is 6.04 Å². The third-order valence-electron chi connectivity index (χ3n) is 3.13. The molecule has 0 aromatic rings. The smallest absolute Gasteiger partial charge is 0.322 e. The monoisotopic (exact) mass is 170 g/mol. The van der Waals surface area contributed by atoms with Gasteiger partial charge in [0.15, 0.2) is 0 Å². The molecule has 0 aromatic carbocycles. The standard InChI is InChI=1S/C8H14N2O2/c9-6-5-1-3-10(4-2-5)7(6)8(11)12/h5-7H,1-4,9H2,(H,11,12)/t6?,7-/m1/s1. The molecule has 3 fully saturated rings. The van der Waals surface area contributed by atoms with Gasteiger partial charge in [-0.15, -0.1) is 0 Å². The van der Waals surface area contributed by atoms with Crippen molar-refractivity contribution in [1.29, 1.82) is 0 Å². The van der Waals surface area contributed by atoms with Gasteiger partial charge in [-0.25, -0.2) is 0 Å². The Kier molecular flexibility index (Phi) is 1.81. The van der Waals surface area contributed by atoms with Gasteiger partial charge in [-0.05, 0) is 31.8 Å². The van der Waals surface area contributed by atoms with Crippen molar-refractivity contribution < 1.29 is 9.90 Å². The number of carbonyl (C=O) groups is 1. The van der Waals surface area contributed by atoms with Crippen molar-refractivity contribution >= 4 is 5.97 Å². The minimum atomic E-state index is -0.757. The molecule has 1 unspecified atom stereocenters. The van der Waals surface area contributed by atoms with E-state index in [9.17, 15) is 4.79 Å². The van der Waals surface area contributed by atoms with Crippen LogP contribution < -0.4 is 5.73 Å². The van der Waals surface area contributed by atoms with Crippen LogP contribution in [0.5, 0.6) is 0 Å². The van der Waals surface area contributed by atoms with Crippen molar-refractivity contribution in [2.24, 2.45) is 11.7 Å². The Balaban J connectivity index is 2.18. The summed E-state index contributed by atoms with van der Waals surface area (Å²) in [5.41, 5.74) is 5.84. The van der Waals surface area contributed by atoms with Crippen molar-refractivity contribution in [3.63, 3.8) is 0 Å². The highest BCUT2D eigenvalue weighted by Gasteiger charge is 2.43. The summed E-state index contributed by atoms with van der Waals surface area (Å²) >= 11 is 0. The van der Waals surface area contributed by atoms with E-state index in [1.807, 2.05) is 4.90 Å². The second kappa shape index (κ2) is 2.71. The van der Waals surface area contributed by atoms with E-state index in [0.717, 1.165) is 25.9 Å². The van der Waals surface area contributed by atoms with Crippen LogP contribution in [0.2, 0.25) is 0 Å². The molecule has 3 rings (SSSR count).